The van der Waals surface area contributed by atoms with Gasteiger partial charge in [-0.15, -0.1) is 0 Å². The first kappa shape index (κ1) is 18.5. The Kier molecular flexibility index (Phi) is 4.46. The molecule has 4 amide bonds. The van der Waals surface area contributed by atoms with Crippen LogP contribution in [0.5, 0.6) is 17.2 Å². The number of fused-ring (bicyclic) bond motifs is 1. The maximum absolute atomic E-state index is 13.1. The third-order valence-electron chi connectivity index (χ3n) is 4.88. The SMILES string of the molecule is COc1cc2c(cc1/C=C1/C(=O)NC(=O)N(c3ccc(C)c(C)c3)C1=O)OCO2. The number of nitrogens with one attached hydrogen (secondary N) is 1. The number of urea groups is 1. The number of hydrogen-bond acceptors (Lipinski definition) is 6. The summed E-state index contributed by atoms with van der Waals surface area (Å²) >= 11 is 0. The Hall–Kier alpha value is -3.81. The second-order valence-corrected chi connectivity index (χ2v) is 6.67. The number of carbonyl (C=O) groups is 3. The van der Waals surface area contributed by atoms with E-state index in [0.717, 1.165) is 16.0 Å². The molecule has 0 atom stereocenters. The topological polar surface area (TPSA) is 94.2 Å². The van der Waals surface area contributed by atoms with E-state index in [1.807, 2.05) is 19.9 Å². The summed E-state index contributed by atoms with van der Waals surface area (Å²) in [5.41, 5.74) is 2.58. The van der Waals surface area contributed by atoms with Crippen molar-refractivity contribution in [1.29, 1.82) is 0 Å². The summed E-state index contributed by atoms with van der Waals surface area (Å²) in [5, 5.41) is 2.21. The first-order valence-corrected chi connectivity index (χ1v) is 8.85. The van der Waals surface area contributed by atoms with E-state index in [2.05, 4.69) is 5.32 Å². The molecule has 2 aliphatic heterocycles. The number of benzene rings is 2. The normalized spacial score (nSPS) is 17.0. The molecule has 1 fully saturated rings. The quantitative estimate of drug-likeness (QED) is 0.635. The van der Waals surface area contributed by atoms with Crippen molar-refractivity contribution in [2.24, 2.45) is 0 Å². The predicted octanol–water partition coefficient (Wildman–Crippen LogP) is 2.71. The molecule has 2 aliphatic rings. The molecule has 29 heavy (non-hydrogen) atoms. The van der Waals surface area contributed by atoms with Gasteiger partial charge in [0, 0.05) is 11.6 Å². The third kappa shape index (κ3) is 3.18. The Morgan fingerprint density at radius 1 is 1.03 bits per heavy atom. The van der Waals surface area contributed by atoms with E-state index in [4.69, 9.17) is 14.2 Å². The van der Waals surface area contributed by atoms with E-state index in [1.54, 1.807) is 24.3 Å². The first-order chi connectivity index (χ1) is 13.9. The summed E-state index contributed by atoms with van der Waals surface area (Å²) in [6, 6.07) is 7.64. The molecule has 0 aliphatic carbocycles. The van der Waals surface area contributed by atoms with Crippen LogP contribution in [-0.2, 0) is 9.59 Å². The monoisotopic (exact) mass is 394 g/mol. The van der Waals surface area contributed by atoms with Crippen molar-refractivity contribution in [2.75, 3.05) is 18.8 Å². The molecule has 0 aromatic heterocycles. The second-order valence-electron chi connectivity index (χ2n) is 6.67. The van der Waals surface area contributed by atoms with Gasteiger partial charge in [0.25, 0.3) is 11.8 Å². The van der Waals surface area contributed by atoms with Crippen molar-refractivity contribution in [3.63, 3.8) is 0 Å². The van der Waals surface area contributed by atoms with Gasteiger partial charge in [0.1, 0.15) is 11.3 Å². The maximum Gasteiger partial charge on any atom is 0.335 e. The van der Waals surface area contributed by atoms with Crippen molar-refractivity contribution in [3.8, 4) is 17.2 Å². The lowest BCUT2D eigenvalue weighted by atomic mass is 10.0. The smallest absolute Gasteiger partial charge is 0.335 e. The summed E-state index contributed by atoms with van der Waals surface area (Å²) in [4.78, 5) is 38.8. The summed E-state index contributed by atoms with van der Waals surface area (Å²) in [6.07, 6.45) is 1.37. The van der Waals surface area contributed by atoms with Gasteiger partial charge in [-0.1, -0.05) is 6.07 Å². The van der Waals surface area contributed by atoms with Gasteiger partial charge >= 0.3 is 6.03 Å². The second kappa shape index (κ2) is 6.97. The summed E-state index contributed by atoms with van der Waals surface area (Å²) in [5.74, 6) is -0.114. The lowest BCUT2D eigenvalue weighted by molar-refractivity contribution is -0.122. The van der Waals surface area contributed by atoms with Crippen LogP contribution in [0.1, 0.15) is 16.7 Å². The number of carbonyl (C=O) groups excluding carboxylic acids is 3. The van der Waals surface area contributed by atoms with E-state index in [0.29, 0.717) is 28.5 Å². The first-order valence-electron chi connectivity index (χ1n) is 8.85. The van der Waals surface area contributed by atoms with Crippen molar-refractivity contribution in [1.82, 2.24) is 5.32 Å². The van der Waals surface area contributed by atoms with Gasteiger partial charge in [-0.05, 0) is 49.2 Å². The molecule has 2 aromatic rings. The van der Waals surface area contributed by atoms with Crippen LogP contribution >= 0.6 is 0 Å². The molecule has 2 heterocycles. The van der Waals surface area contributed by atoms with Crippen LogP contribution in [0.3, 0.4) is 0 Å². The Morgan fingerprint density at radius 3 is 2.45 bits per heavy atom. The Labute approximate surface area is 166 Å². The van der Waals surface area contributed by atoms with Crippen molar-refractivity contribution >= 4 is 29.6 Å². The van der Waals surface area contributed by atoms with Gasteiger partial charge in [-0.2, -0.15) is 0 Å². The Bertz CT molecular complexity index is 1090. The average Bonchev–Trinajstić information content (AvgIpc) is 3.14. The van der Waals surface area contributed by atoms with Crippen LogP contribution < -0.4 is 24.4 Å². The van der Waals surface area contributed by atoms with Crippen LogP contribution in [0.25, 0.3) is 6.08 Å². The molecule has 0 bridgehead atoms. The predicted molar refractivity (Wildman–Crippen MR) is 104 cm³/mol. The van der Waals surface area contributed by atoms with Crippen molar-refractivity contribution in [3.05, 3.63) is 52.6 Å². The fraction of sp³-hybridized carbons (Fsp3) is 0.190. The molecular weight excluding hydrogens is 376 g/mol. The molecule has 0 spiro atoms. The molecule has 4 rings (SSSR count). The number of anilines is 1. The van der Waals surface area contributed by atoms with Gasteiger partial charge in [-0.25, -0.2) is 9.69 Å². The molecular formula is C21H18N2O6. The number of rotatable bonds is 3. The van der Waals surface area contributed by atoms with Crippen LogP contribution in [0.4, 0.5) is 10.5 Å². The van der Waals surface area contributed by atoms with Gasteiger partial charge in [0.2, 0.25) is 6.79 Å². The summed E-state index contributed by atoms with van der Waals surface area (Å²) < 4.78 is 16.0. The number of ether oxygens (including phenoxy) is 3. The lowest BCUT2D eigenvalue weighted by Crippen LogP contribution is -2.54. The van der Waals surface area contributed by atoms with Crippen molar-refractivity contribution in [2.45, 2.75) is 13.8 Å². The van der Waals surface area contributed by atoms with Gasteiger partial charge in [-0.3, -0.25) is 14.9 Å². The number of hydrogen-bond donors (Lipinski definition) is 1. The molecule has 2 aromatic carbocycles. The molecule has 0 unspecified atom stereocenters. The van der Waals surface area contributed by atoms with Crippen LogP contribution in [0.15, 0.2) is 35.9 Å². The van der Waals surface area contributed by atoms with Crippen LogP contribution in [0, 0.1) is 13.8 Å². The van der Waals surface area contributed by atoms with Crippen LogP contribution in [0.2, 0.25) is 0 Å². The fourth-order valence-electron chi connectivity index (χ4n) is 3.14. The van der Waals surface area contributed by atoms with Gasteiger partial charge < -0.3 is 14.2 Å². The minimum absolute atomic E-state index is 0.0764. The van der Waals surface area contributed by atoms with Crippen LogP contribution in [-0.4, -0.2) is 31.7 Å². The number of methoxy groups -OCH3 is 1. The average molecular weight is 394 g/mol. The fourth-order valence-corrected chi connectivity index (χ4v) is 3.14. The Morgan fingerprint density at radius 2 is 1.76 bits per heavy atom. The van der Waals surface area contributed by atoms with Crippen molar-refractivity contribution < 1.29 is 28.6 Å². The zero-order chi connectivity index (χ0) is 20.7. The van der Waals surface area contributed by atoms with E-state index >= 15 is 0 Å². The number of nitrogens with zero attached hydrogens (tertiary/aromatic N) is 1. The number of imide groups is 2. The minimum atomic E-state index is -0.793. The molecule has 0 radical (unpaired) electrons. The van der Waals surface area contributed by atoms with Gasteiger partial charge in [0.05, 0.1) is 12.8 Å². The maximum atomic E-state index is 13.1. The summed E-state index contributed by atoms with van der Waals surface area (Å²) in [6.45, 7) is 3.88. The highest BCUT2D eigenvalue weighted by Gasteiger charge is 2.37. The molecule has 148 valence electrons. The zero-order valence-electron chi connectivity index (χ0n) is 16.1. The Balaban J connectivity index is 1.77. The molecule has 8 heteroatoms. The molecule has 8 nitrogen and oxygen atoms in total. The lowest BCUT2D eigenvalue weighted by Gasteiger charge is -2.27. The molecule has 1 N–H and O–H groups in total. The minimum Gasteiger partial charge on any atom is -0.496 e. The molecule has 0 saturated carbocycles. The highest BCUT2D eigenvalue weighted by molar-refractivity contribution is 6.39. The summed E-state index contributed by atoms with van der Waals surface area (Å²) in [7, 11) is 1.47. The third-order valence-corrected chi connectivity index (χ3v) is 4.88. The number of aryl methyl sites for hydroxylation is 2. The number of barbiturate groups is 1. The van der Waals surface area contributed by atoms with E-state index in [1.165, 1.54) is 13.2 Å². The van der Waals surface area contributed by atoms with E-state index in [9.17, 15) is 14.4 Å². The standard InChI is InChI=1S/C21H18N2O6/c1-11-4-5-14(6-12(11)2)23-20(25)15(19(24)22-21(23)26)7-13-8-17-18(29-10-28-17)9-16(13)27-3/h4-9H,10H2,1-3H3,(H,22,24,26)/b15-7-. The highest BCUT2D eigenvalue weighted by Crippen LogP contribution is 2.39. The largest absolute Gasteiger partial charge is 0.496 e. The highest BCUT2D eigenvalue weighted by atomic mass is 16.7. The van der Waals surface area contributed by atoms with E-state index < -0.39 is 17.8 Å². The number of amides is 4. The van der Waals surface area contributed by atoms with Gasteiger partial charge in [0.15, 0.2) is 11.5 Å². The molecule has 1 saturated heterocycles. The zero-order valence-corrected chi connectivity index (χ0v) is 16.1. The van der Waals surface area contributed by atoms with E-state index in [-0.39, 0.29) is 12.4 Å².